The molecule has 18 heavy (non-hydrogen) atoms. The SMILES string of the molecule is COCCN(CCCN)Cc1ccc(OC)cc1. The number of rotatable bonds is 9. The molecule has 1 aromatic rings. The molecule has 0 heterocycles. The first kappa shape index (κ1) is 15.0. The van der Waals surface area contributed by atoms with E-state index < -0.39 is 0 Å². The Morgan fingerprint density at radius 2 is 1.83 bits per heavy atom. The number of nitrogens with zero attached hydrogens (tertiary/aromatic N) is 1. The molecule has 0 radical (unpaired) electrons. The molecule has 0 spiro atoms. The van der Waals surface area contributed by atoms with Crippen LogP contribution in [0.2, 0.25) is 0 Å². The molecular weight excluding hydrogens is 228 g/mol. The number of methoxy groups -OCH3 is 2. The second kappa shape index (κ2) is 8.91. The van der Waals surface area contributed by atoms with Gasteiger partial charge in [-0.2, -0.15) is 0 Å². The minimum atomic E-state index is 0.728. The van der Waals surface area contributed by atoms with Crippen molar-refractivity contribution >= 4 is 0 Å². The molecule has 0 fully saturated rings. The molecule has 0 bridgehead atoms. The van der Waals surface area contributed by atoms with Crippen LogP contribution in [0.15, 0.2) is 24.3 Å². The zero-order chi connectivity index (χ0) is 13.2. The fourth-order valence-electron chi connectivity index (χ4n) is 1.79. The molecule has 0 aromatic heterocycles. The summed E-state index contributed by atoms with van der Waals surface area (Å²) in [6.07, 6.45) is 1.01. The van der Waals surface area contributed by atoms with Gasteiger partial charge in [0.1, 0.15) is 5.75 Å². The summed E-state index contributed by atoms with van der Waals surface area (Å²) in [5.41, 5.74) is 6.84. The fourth-order valence-corrected chi connectivity index (χ4v) is 1.79. The highest BCUT2D eigenvalue weighted by Gasteiger charge is 2.05. The van der Waals surface area contributed by atoms with Gasteiger partial charge >= 0.3 is 0 Å². The molecule has 0 aliphatic carbocycles. The fraction of sp³-hybridized carbons (Fsp3) is 0.571. The van der Waals surface area contributed by atoms with Gasteiger partial charge < -0.3 is 15.2 Å². The summed E-state index contributed by atoms with van der Waals surface area (Å²) < 4.78 is 10.3. The van der Waals surface area contributed by atoms with Gasteiger partial charge in [0.15, 0.2) is 0 Å². The van der Waals surface area contributed by atoms with Gasteiger partial charge in [-0.1, -0.05) is 12.1 Å². The topological polar surface area (TPSA) is 47.7 Å². The smallest absolute Gasteiger partial charge is 0.118 e. The molecule has 0 unspecified atom stereocenters. The maximum atomic E-state index is 5.56. The predicted molar refractivity (Wildman–Crippen MR) is 73.8 cm³/mol. The molecule has 4 heteroatoms. The first-order valence-corrected chi connectivity index (χ1v) is 6.34. The van der Waals surface area contributed by atoms with E-state index in [2.05, 4.69) is 17.0 Å². The van der Waals surface area contributed by atoms with Gasteiger partial charge in [-0.05, 0) is 37.2 Å². The van der Waals surface area contributed by atoms with Gasteiger partial charge in [0.2, 0.25) is 0 Å². The number of ether oxygens (including phenoxy) is 2. The largest absolute Gasteiger partial charge is 0.497 e. The average molecular weight is 252 g/mol. The minimum Gasteiger partial charge on any atom is -0.497 e. The summed E-state index contributed by atoms with van der Waals surface area (Å²) in [4.78, 5) is 2.36. The Labute approximate surface area is 110 Å². The van der Waals surface area contributed by atoms with E-state index in [0.717, 1.165) is 45.0 Å². The Morgan fingerprint density at radius 1 is 1.11 bits per heavy atom. The van der Waals surface area contributed by atoms with Gasteiger partial charge in [-0.15, -0.1) is 0 Å². The monoisotopic (exact) mass is 252 g/mol. The van der Waals surface area contributed by atoms with E-state index in [1.165, 1.54) is 5.56 Å². The molecule has 0 aliphatic rings. The summed E-state index contributed by atoms with van der Waals surface area (Å²) in [6.45, 7) is 4.34. The molecule has 0 atom stereocenters. The molecule has 0 saturated heterocycles. The highest BCUT2D eigenvalue weighted by atomic mass is 16.5. The molecule has 4 nitrogen and oxygen atoms in total. The first-order valence-electron chi connectivity index (χ1n) is 6.34. The van der Waals surface area contributed by atoms with Crippen LogP contribution in [0, 0.1) is 0 Å². The highest BCUT2D eigenvalue weighted by Crippen LogP contribution is 2.13. The van der Waals surface area contributed by atoms with E-state index in [4.69, 9.17) is 15.2 Å². The molecule has 0 saturated carbocycles. The van der Waals surface area contributed by atoms with Crippen molar-refractivity contribution in [1.82, 2.24) is 4.90 Å². The van der Waals surface area contributed by atoms with Crippen LogP contribution in [0.1, 0.15) is 12.0 Å². The second-order valence-corrected chi connectivity index (χ2v) is 4.26. The van der Waals surface area contributed by atoms with Gasteiger partial charge in [0.25, 0.3) is 0 Å². The third-order valence-corrected chi connectivity index (χ3v) is 2.86. The van der Waals surface area contributed by atoms with Crippen molar-refractivity contribution in [2.45, 2.75) is 13.0 Å². The lowest BCUT2D eigenvalue weighted by Gasteiger charge is -2.21. The zero-order valence-corrected chi connectivity index (χ0v) is 11.4. The van der Waals surface area contributed by atoms with Crippen LogP contribution in [-0.2, 0) is 11.3 Å². The van der Waals surface area contributed by atoms with E-state index in [1.54, 1.807) is 14.2 Å². The summed E-state index contributed by atoms with van der Waals surface area (Å²) in [6, 6.07) is 8.18. The van der Waals surface area contributed by atoms with Gasteiger partial charge in [-0.3, -0.25) is 4.90 Å². The van der Waals surface area contributed by atoms with Crippen molar-refractivity contribution in [3.63, 3.8) is 0 Å². The Hall–Kier alpha value is -1.10. The lowest BCUT2D eigenvalue weighted by Crippen LogP contribution is -2.29. The average Bonchev–Trinajstić information content (AvgIpc) is 2.42. The van der Waals surface area contributed by atoms with Crippen molar-refractivity contribution in [2.75, 3.05) is 40.5 Å². The third-order valence-electron chi connectivity index (χ3n) is 2.86. The number of hydrogen-bond acceptors (Lipinski definition) is 4. The van der Waals surface area contributed by atoms with Crippen LogP contribution >= 0.6 is 0 Å². The van der Waals surface area contributed by atoms with Gasteiger partial charge in [-0.25, -0.2) is 0 Å². The molecular formula is C14H24N2O2. The lowest BCUT2D eigenvalue weighted by molar-refractivity contribution is 0.143. The first-order chi connectivity index (χ1) is 8.80. The second-order valence-electron chi connectivity index (χ2n) is 4.26. The molecule has 0 aliphatic heterocycles. The Kier molecular flexibility index (Phi) is 7.41. The molecule has 1 aromatic carbocycles. The van der Waals surface area contributed by atoms with Crippen molar-refractivity contribution in [3.05, 3.63) is 29.8 Å². The Bertz CT molecular complexity index is 306. The Balaban J connectivity index is 2.51. The summed E-state index contributed by atoms with van der Waals surface area (Å²) >= 11 is 0. The van der Waals surface area contributed by atoms with E-state index in [0.29, 0.717) is 0 Å². The van der Waals surface area contributed by atoms with Gasteiger partial charge in [0.05, 0.1) is 13.7 Å². The maximum absolute atomic E-state index is 5.56. The molecule has 2 N–H and O–H groups in total. The van der Waals surface area contributed by atoms with Crippen LogP contribution in [-0.4, -0.2) is 45.4 Å². The normalized spacial score (nSPS) is 10.9. The molecule has 1 rings (SSSR count). The van der Waals surface area contributed by atoms with E-state index in [9.17, 15) is 0 Å². The number of hydrogen-bond donors (Lipinski definition) is 1. The van der Waals surface area contributed by atoms with Crippen molar-refractivity contribution in [1.29, 1.82) is 0 Å². The zero-order valence-electron chi connectivity index (χ0n) is 11.4. The van der Waals surface area contributed by atoms with Crippen LogP contribution in [0.4, 0.5) is 0 Å². The predicted octanol–water partition coefficient (Wildman–Crippen LogP) is 1.49. The van der Waals surface area contributed by atoms with Crippen LogP contribution in [0.3, 0.4) is 0 Å². The maximum Gasteiger partial charge on any atom is 0.118 e. The highest BCUT2D eigenvalue weighted by molar-refractivity contribution is 5.27. The van der Waals surface area contributed by atoms with Crippen molar-refractivity contribution in [3.8, 4) is 5.75 Å². The summed E-state index contributed by atoms with van der Waals surface area (Å²) in [7, 11) is 3.41. The quantitative estimate of drug-likeness (QED) is 0.723. The van der Waals surface area contributed by atoms with E-state index >= 15 is 0 Å². The van der Waals surface area contributed by atoms with Crippen LogP contribution < -0.4 is 10.5 Å². The van der Waals surface area contributed by atoms with E-state index in [-0.39, 0.29) is 0 Å². The standard InChI is InChI=1S/C14H24N2O2/c1-17-11-10-16(9-3-8-15)12-13-4-6-14(18-2)7-5-13/h4-7H,3,8-12,15H2,1-2H3. The summed E-state index contributed by atoms with van der Waals surface area (Å²) in [5, 5.41) is 0. The summed E-state index contributed by atoms with van der Waals surface area (Å²) in [5.74, 6) is 0.893. The third kappa shape index (κ3) is 5.49. The molecule has 102 valence electrons. The minimum absolute atomic E-state index is 0.728. The number of benzene rings is 1. The van der Waals surface area contributed by atoms with Crippen LogP contribution in [0.25, 0.3) is 0 Å². The number of nitrogens with two attached hydrogens (primary N) is 1. The van der Waals surface area contributed by atoms with Crippen molar-refractivity contribution < 1.29 is 9.47 Å². The molecule has 0 amide bonds. The van der Waals surface area contributed by atoms with E-state index in [1.807, 2.05) is 12.1 Å². The van der Waals surface area contributed by atoms with Crippen molar-refractivity contribution in [2.24, 2.45) is 5.73 Å². The Morgan fingerprint density at radius 3 is 2.39 bits per heavy atom. The van der Waals surface area contributed by atoms with Gasteiger partial charge in [0, 0.05) is 20.2 Å². The van der Waals surface area contributed by atoms with Crippen LogP contribution in [0.5, 0.6) is 5.75 Å². The lowest BCUT2D eigenvalue weighted by atomic mass is 10.2.